The number of carbonyl (C=O) groups excluding carboxylic acids is 1. The molecule has 2 aliphatic rings. The first-order valence-corrected chi connectivity index (χ1v) is 9.19. The topological polar surface area (TPSA) is 48.5 Å². The molecule has 0 spiro atoms. The van der Waals surface area contributed by atoms with Gasteiger partial charge < -0.3 is 10.2 Å². The maximum absolute atomic E-state index is 13.4. The molecule has 6 heteroatoms. The Hall–Kier alpha value is -2.47. The maximum atomic E-state index is 13.4. The fourth-order valence-electron chi connectivity index (χ4n) is 3.84. The van der Waals surface area contributed by atoms with E-state index >= 15 is 0 Å². The van der Waals surface area contributed by atoms with E-state index in [0.717, 1.165) is 51.1 Å². The summed E-state index contributed by atoms with van der Waals surface area (Å²) in [4.78, 5) is 21.0. The van der Waals surface area contributed by atoms with Crippen molar-refractivity contribution >= 4 is 17.3 Å². The molecule has 1 amide bonds. The smallest absolute Gasteiger partial charge is 0.248 e. The molecule has 1 saturated heterocycles. The highest BCUT2D eigenvalue weighted by Crippen LogP contribution is 2.34. The molecule has 2 aromatic rings. The Labute approximate surface area is 152 Å². The highest BCUT2D eigenvalue weighted by molar-refractivity contribution is 6.03. The number of hydrogen-bond acceptors (Lipinski definition) is 4. The van der Waals surface area contributed by atoms with Gasteiger partial charge in [-0.3, -0.25) is 14.7 Å². The summed E-state index contributed by atoms with van der Waals surface area (Å²) in [7, 11) is 0. The number of benzene rings is 1. The third kappa shape index (κ3) is 3.55. The van der Waals surface area contributed by atoms with Gasteiger partial charge in [-0.1, -0.05) is 0 Å². The predicted molar refractivity (Wildman–Crippen MR) is 99.8 cm³/mol. The number of pyridine rings is 1. The summed E-state index contributed by atoms with van der Waals surface area (Å²) < 4.78 is 13.4. The average Bonchev–Trinajstić information content (AvgIpc) is 2.66. The fraction of sp³-hybridized carbons (Fsp3) is 0.400. The van der Waals surface area contributed by atoms with Crippen molar-refractivity contribution in [3.63, 3.8) is 0 Å². The van der Waals surface area contributed by atoms with Crippen molar-refractivity contribution in [2.45, 2.75) is 25.3 Å². The van der Waals surface area contributed by atoms with Gasteiger partial charge in [0.1, 0.15) is 11.9 Å². The normalized spacial score (nSPS) is 19.7. The quantitative estimate of drug-likeness (QED) is 0.839. The van der Waals surface area contributed by atoms with E-state index in [1.807, 2.05) is 12.4 Å². The fourth-order valence-corrected chi connectivity index (χ4v) is 3.84. The van der Waals surface area contributed by atoms with Gasteiger partial charge in [0.15, 0.2) is 0 Å². The van der Waals surface area contributed by atoms with Crippen molar-refractivity contribution in [1.29, 1.82) is 0 Å². The first kappa shape index (κ1) is 17.0. The highest BCUT2D eigenvalue weighted by Gasteiger charge is 2.37. The first-order chi connectivity index (χ1) is 12.7. The van der Waals surface area contributed by atoms with E-state index < -0.39 is 0 Å². The molecule has 1 unspecified atom stereocenters. The van der Waals surface area contributed by atoms with Gasteiger partial charge in [-0.25, -0.2) is 4.39 Å². The molecule has 4 rings (SSSR count). The standard InChI is InChI=1S/C20H23FN4O/c21-16-4-5-18-17(13-16)23-20(26)19-14-24(11-12-25(18)19)10-2-1-3-15-6-8-22-9-7-15/h4-9,13,19H,1-3,10-12,14H2,(H,23,26). The number of nitrogens with zero attached hydrogens (tertiary/aromatic N) is 3. The minimum absolute atomic E-state index is 0.0374. The lowest BCUT2D eigenvalue weighted by molar-refractivity contribution is -0.118. The second kappa shape index (κ2) is 7.41. The van der Waals surface area contributed by atoms with Gasteiger partial charge in [0.05, 0.1) is 11.4 Å². The summed E-state index contributed by atoms with van der Waals surface area (Å²) >= 11 is 0. The molecule has 0 bridgehead atoms. The highest BCUT2D eigenvalue weighted by atomic mass is 19.1. The Bertz CT molecular complexity index is 783. The monoisotopic (exact) mass is 354 g/mol. The second-order valence-corrected chi connectivity index (χ2v) is 6.97. The minimum Gasteiger partial charge on any atom is -0.355 e. The van der Waals surface area contributed by atoms with Gasteiger partial charge in [0.25, 0.3) is 0 Å². The van der Waals surface area contributed by atoms with E-state index in [-0.39, 0.29) is 17.8 Å². The Morgan fingerprint density at radius 1 is 1.15 bits per heavy atom. The minimum atomic E-state index is -0.324. The Kier molecular flexibility index (Phi) is 4.84. The number of amides is 1. The van der Waals surface area contributed by atoms with Gasteiger partial charge >= 0.3 is 0 Å². The van der Waals surface area contributed by atoms with E-state index in [1.54, 1.807) is 6.07 Å². The van der Waals surface area contributed by atoms with E-state index in [2.05, 4.69) is 32.2 Å². The van der Waals surface area contributed by atoms with Gasteiger partial charge in [-0.2, -0.15) is 0 Å². The molecule has 5 nitrogen and oxygen atoms in total. The van der Waals surface area contributed by atoms with Gasteiger partial charge in [-0.05, 0) is 61.7 Å². The summed E-state index contributed by atoms with van der Waals surface area (Å²) in [6.07, 6.45) is 6.97. The second-order valence-electron chi connectivity index (χ2n) is 6.97. The number of carbonyl (C=O) groups is 1. The van der Waals surface area contributed by atoms with Gasteiger partial charge in [0.2, 0.25) is 5.91 Å². The molecule has 2 aliphatic heterocycles. The summed E-state index contributed by atoms with van der Waals surface area (Å²) in [5, 5.41) is 2.86. The molecule has 1 fully saturated rings. The maximum Gasteiger partial charge on any atom is 0.248 e. The van der Waals surface area contributed by atoms with Crippen molar-refractivity contribution in [2.75, 3.05) is 36.4 Å². The van der Waals surface area contributed by atoms with Crippen molar-refractivity contribution in [3.05, 3.63) is 54.1 Å². The van der Waals surface area contributed by atoms with Gasteiger partial charge in [0, 0.05) is 32.0 Å². The summed E-state index contributed by atoms with van der Waals surface area (Å²) in [5.74, 6) is -0.361. The van der Waals surface area contributed by atoms with E-state index in [9.17, 15) is 9.18 Å². The zero-order valence-corrected chi connectivity index (χ0v) is 14.7. The number of rotatable bonds is 5. The molecular formula is C20H23FN4O. The Morgan fingerprint density at radius 2 is 2.00 bits per heavy atom. The van der Waals surface area contributed by atoms with Crippen LogP contribution < -0.4 is 10.2 Å². The molecule has 26 heavy (non-hydrogen) atoms. The van der Waals surface area contributed by atoms with Crippen LogP contribution >= 0.6 is 0 Å². The number of anilines is 2. The number of halogens is 1. The predicted octanol–water partition coefficient (Wildman–Crippen LogP) is 2.69. The number of aromatic nitrogens is 1. The van der Waals surface area contributed by atoms with E-state index in [1.165, 1.54) is 17.7 Å². The van der Waals surface area contributed by atoms with Crippen LogP contribution in [0, 0.1) is 5.82 Å². The van der Waals surface area contributed by atoms with Gasteiger partial charge in [-0.15, -0.1) is 0 Å². The van der Waals surface area contributed by atoms with Crippen LogP contribution in [-0.2, 0) is 11.2 Å². The van der Waals surface area contributed by atoms with E-state index in [0.29, 0.717) is 5.69 Å². The van der Waals surface area contributed by atoms with Crippen molar-refractivity contribution in [2.24, 2.45) is 0 Å². The molecule has 0 saturated carbocycles. The van der Waals surface area contributed by atoms with Crippen LogP contribution in [0.25, 0.3) is 0 Å². The molecule has 1 aromatic carbocycles. The Morgan fingerprint density at radius 3 is 2.85 bits per heavy atom. The number of nitrogens with one attached hydrogen (secondary N) is 1. The largest absolute Gasteiger partial charge is 0.355 e. The molecule has 3 heterocycles. The molecule has 1 N–H and O–H groups in total. The molecule has 0 aliphatic carbocycles. The van der Waals surface area contributed by atoms with Crippen LogP contribution in [0.15, 0.2) is 42.7 Å². The van der Waals surface area contributed by atoms with Crippen LogP contribution in [-0.4, -0.2) is 48.0 Å². The van der Waals surface area contributed by atoms with Crippen LogP contribution in [0.1, 0.15) is 18.4 Å². The lowest BCUT2D eigenvalue weighted by atomic mass is 10.0. The number of unbranched alkanes of at least 4 members (excludes halogenated alkanes) is 1. The molecule has 136 valence electrons. The summed E-state index contributed by atoms with van der Waals surface area (Å²) in [6, 6.07) is 8.55. The average molecular weight is 354 g/mol. The number of aryl methyl sites for hydroxylation is 1. The number of hydrogen-bond donors (Lipinski definition) is 1. The lowest BCUT2D eigenvalue weighted by Gasteiger charge is -2.45. The van der Waals surface area contributed by atoms with Crippen molar-refractivity contribution in [3.8, 4) is 0 Å². The number of fused-ring (bicyclic) bond motifs is 3. The van der Waals surface area contributed by atoms with Crippen LogP contribution in [0.3, 0.4) is 0 Å². The lowest BCUT2D eigenvalue weighted by Crippen LogP contribution is -2.60. The Balaban J connectivity index is 1.32. The SMILES string of the molecule is O=C1Nc2cc(F)ccc2N2CCN(CCCCc3ccncc3)CC12. The van der Waals surface area contributed by atoms with Crippen LogP contribution in [0.2, 0.25) is 0 Å². The summed E-state index contributed by atoms with van der Waals surface area (Å²) in [5.41, 5.74) is 2.82. The third-order valence-electron chi connectivity index (χ3n) is 5.23. The molecule has 0 radical (unpaired) electrons. The van der Waals surface area contributed by atoms with E-state index in [4.69, 9.17) is 0 Å². The zero-order chi connectivity index (χ0) is 17.9. The number of piperazine rings is 1. The molecule has 1 aromatic heterocycles. The molecule has 1 atom stereocenters. The molecular weight excluding hydrogens is 331 g/mol. The third-order valence-corrected chi connectivity index (χ3v) is 5.23. The van der Waals surface area contributed by atoms with Crippen molar-refractivity contribution in [1.82, 2.24) is 9.88 Å². The summed E-state index contributed by atoms with van der Waals surface area (Å²) in [6.45, 7) is 3.44. The van der Waals surface area contributed by atoms with Crippen LogP contribution in [0.5, 0.6) is 0 Å². The van der Waals surface area contributed by atoms with Crippen molar-refractivity contribution < 1.29 is 9.18 Å². The zero-order valence-electron chi connectivity index (χ0n) is 14.7. The van der Waals surface area contributed by atoms with Crippen LogP contribution in [0.4, 0.5) is 15.8 Å². The first-order valence-electron chi connectivity index (χ1n) is 9.19.